The van der Waals surface area contributed by atoms with Gasteiger partial charge in [-0.1, -0.05) is 0 Å². The summed E-state index contributed by atoms with van der Waals surface area (Å²) in [7, 11) is 1.40. The van der Waals surface area contributed by atoms with E-state index < -0.39 is 0 Å². The van der Waals surface area contributed by atoms with Crippen LogP contribution in [0.25, 0.3) is 6.08 Å². The van der Waals surface area contributed by atoms with Crippen LogP contribution in [0.3, 0.4) is 0 Å². The molecular formula is C14H9IN4O2. The van der Waals surface area contributed by atoms with Gasteiger partial charge < -0.3 is 15.6 Å². The van der Waals surface area contributed by atoms with Gasteiger partial charge in [-0.3, -0.25) is 0 Å². The van der Waals surface area contributed by atoms with Gasteiger partial charge in [0.05, 0.1) is 22.0 Å². The third kappa shape index (κ3) is 3.65. The Labute approximate surface area is 135 Å². The summed E-state index contributed by atoms with van der Waals surface area (Å²) in [5, 5.41) is 36.4. The van der Waals surface area contributed by atoms with E-state index >= 15 is 0 Å². The standard InChI is InChI=1S/C14H9IN4O2/c1-21-12-4-8(3-11(15)14(12)20)2-9(5-16)13(19)10(6-17)7-18/h2-4,20H,19H2,1H3/b9-2+. The molecule has 0 spiro atoms. The lowest BCUT2D eigenvalue weighted by molar-refractivity contribution is 0.371. The molecule has 1 aromatic carbocycles. The van der Waals surface area contributed by atoms with Crippen LogP contribution in [0.5, 0.6) is 11.5 Å². The smallest absolute Gasteiger partial charge is 0.171 e. The van der Waals surface area contributed by atoms with Gasteiger partial charge in [-0.2, -0.15) is 15.8 Å². The summed E-state index contributed by atoms with van der Waals surface area (Å²) in [6.45, 7) is 0. The number of hydrogen-bond donors (Lipinski definition) is 2. The molecule has 0 radical (unpaired) electrons. The molecule has 0 saturated carbocycles. The predicted molar refractivity (Wildman–Crippen MR) is 83.4 cm³/mol. The summed E-state index contributed by atoms with van der Waals surface area (Å²) in [6.07, 6.45) is 1.41. The Morgan fingerprint density at radius 1 is 1.29 bits per heavy atom. The van der Waals surface area contributed by atoms with Crippen molar-refractivity contribution >= 4 is 28.7 Å². The summed E-state index contributed by atoms with van der Waals surface area (Å²) in [6, 6.07) is 8.23. The number of phenols is 1. The SMILES string of the molecule is COc1cc(/C=C(\C#N)C(N)=C(C#N)C#N)cc(I)c1O. The van der Waals surface area contributed by atoms with Crippen LogP contribution < -0.4 is 10.5 Å². The fraction of sp³-hybridized carbons (Fsp3) is 0.0714. The van der Waals surface area contributed by atoms with E-state index in [1.165, 1.54) is 19.3 Å². The van der Waals surface area contributed by atoms with Crippen LogP contribution in [-0.4, -0.2) is 12.2 Å². The molecule has 0 atom stereocenters. The van der Waals surface area contributed by atoms with Crippen LogP contribution in [0.15, 0.2) is 29.0 Å². The van der Waals surface area contributed by atoms with Crippen molar-refractivity contribution in [3.05, 3.63) is 38.1 Å². The molecule has 0 aliphatic rings. The Balaban J connectivity index is 3.46. The van der Waals surface area contributed by atoms with Crippen LogP contribution in [-0.2, 0) is 0 Å². The van der Waals surface area contributed by atoms with Crippen molar-refractivity contribution in [2.24, 2.45) is 5.73 Å². The molecule has 0 saturated heterocycles. The zero-order chi connectivity index (χ0) is 16.0. The zero-order valence-electron chi connectivity index (χ0n) is 10.9. The average molecular weight is 392 g/mol. The largest absolute Gasteiger partial charge is 0.504 e. The predicted octanol–water partition coefficient (Wildman–Crippen LogP) is 2.17. The molecule has 7 heteroatoms. The van der Waals surface area contributed by atoms with E-state index in [-0.39, 0.29) is 28.3 Å². The molecular weight excluding hydrogens is 383 g/mol. The lowest BCUT2D eigenvalue weighted by atomic mass is 10.1. The van der Waals surface area contributed by atoms with Gasteiger partial charge in [0.15, 0.2) is 17.1 Å². The van der Waals surface area contributed by atoms with Crippen LogP contribution in [0.2, 0.25) is 0 Å². The number of halogens is 1. The van der Waals surface area contributed by atoms with Gasteiger partial charge in [0.1, 0.15) is 18.2 Å². The van der Waals surface area contributed by atoms with Crippen LogP contribution in [0.1, 0.15) is 5.56 Å². The van der Waals surface area contributed by atoms with E-state index in [4.69, 9.17) is 26.3 Å². The van der Waals surface area contributed by atoms with Crippen LogP contribution in [0.4, 0.5) is 0 Å². The highest BCUT2D eigenvalue weighted by molar-refractivity contribution is 14.1. The molecule has 1 rings (SSSR count). The minimum absolute atomic E-state index is 0.00740. The quantitative estimate of drug-likeness (QED) is 0.461. The molecule has 0 amide bonds. The van der Waals surface area contributed by atoms with Crippen molar-refractivity contribution in [3.63, 3.8) is 0 Å². The number of allylic oxidation sites excluding steroid dienone is 2. The highest BCUT2D eigenvalue weighted by atomic mass is 127. The lowest BCUT2D eigenvalue weighted by Crippen LogP contribution is -2.03. The first-order valence-electron chi connectivity index (χ1n) is 5.47. The molecule has 0 aliphatic carbocycles. The summed E-state index contributed by atoms with van der Waals surface area (Å²) >= 11 is 1.91. The van der Waals surface area contributed by atoms with E-state index in [2.05, 4.69) is 0 Å². The highest BCUT2D eigenvalue weighted by Gasteiger charge is 2.11. The average Bonchev–Trinajstić information content (AvgIpc) is 2.49. The summed E-state index contributed by atoms with van der Waals surface area (Å²) < 4.78 is 5.54. The first kappa shape index (κ1) is 16.4. The lowest BCUT2D eigenvalue weighted by Gasteiger charge is -2.07. The van der Waals surface area contributed by atoms with Gasteiger partial charge in [-0.05, 0) is 46.4 Å². The van der Waals surface area contributed by atoms with Crippen molar-refractivity contribution in [3.8, 4) is 29.7 Å². The van der Waals surface area contributed by atoms with Crippen molar-refractivity contribution in [2.75, 3.05) is 7.11 Å². The number of rotatable bonds is 3. The minimum atomic E-state index is -0.330. The third-order valence-corrected chi connectivity index (χ3v) is 3.31. The van der Waals surface area contributed by atoms with Crippen LogP contribution >= 0.6 is 22.6 Å². The topological polar surface area (TPSA) is 127 Å². The summed E-state index contributed by atoms with van der Waals surface area (Å²) in [5.41, 5.74) is 5.65. The molecule has 104 valence electrons. The number of nitrogens with two attached hydrogens (primary N) is 1. The Morgan fingerprint density at radius 3 is 2.38 bits per heavy atom. The fourth-order valence-corrected chi connectivity index (χ4v) is 2.08. The highest BCUT2D eigenvalue weighted by Crippen LogP contribution is 2.33. The number of aromatic hydroxyl groups is 1. The fourth-order valence-electron chi connectivity index (χ4n) is 1.45. The van der Waals surface area contributed by atoms with Crippen molar-refractivity contribution in [2.45, 2.75) is 0 Å². The number of hydrogen-bond acceptors (Lipinski definition) is 6. The maximum absolute atomic E-state index is 9.75. The number of ether oxygens (including phenoxy) is 1. The van der Waals surface area contributed by atoms with E-state index in [0.29, 0.717) is 9.13 Å². The molecule has 1 aromatic rings. The van der Waals surface area contributed by atoms with Crippen molar-refractivity contribution < 1.29 is 9.84 Å². The number of phenolic OH excluding ortho intramolecular Hbond substituents is 1. The second-order valence-electron chi connectivity index (χ2n) is 3.74. The van der Waals surface area contributed by atoms with Gasteiger partial charge in [0.25, 0.3) is 0 Å². The van der Waals surface area contributed by atoms with E-state index in [1.54, 1.807) is 18.2 Å². The van der Waals surface area contributed by atoms with Crippen molar-refractivity contribution in [1.29, 1.82) is 15.8 Å². The molecule has 0 unspecified atom stereocenters. The molecule has 0 fully saturated rings. The Morgan fingerprint density at radius 2 is 1.90 bits per heavy atom. The normalized spacial score (nSPS) is 9.95. The monoisotopic (exact) mass is 392 g/mol. The van der Waals surface area contributed by atoms with Gasteiger partial charge >= 0.3 is 0 Å². The van der Waals surface area contributed by atoms with Gasteiger partial charge in [0.2, 0.25) is 0 Å². The third-order valence-electron chi connectivity index (χ3n) is 2.49. The first-order valence-corrected chi connectivity index (χ1v) is 6.55. The van der Waals surface area contributed by atoms with E-state index in [1.807, 2.05) is 28.7 Å². The molecule has 0 aliphatic heterocycles. The van der Waals surface area contributed by atoms with Gasteiger partial charge in [-0.15, -0.1) is 0 Å². The number of nitriles is 3. The maximum atomic E-state index is 9.75. The summed E-state index contributed by atoms with van der Waals surface area (Å²) in [5.74, 6) is 0.237. The molecule has 0 bridgehead atoms. The van der Waals surface area contributed by atoms with Crippen LogP contribution in [0, 0.1) is 37.6 Å². The molecule has 0 heterocycles. The molecule has 0 aromatic heterocycles. The molecule has 21 heavy (non-hydrogen) atoms. The summed E-state index contributed by atoms with van der Waals surface area (Å²) in [4.78, 5) is 0. The Bertz CT molecular complexity index is 745. The second kappa shape index (κ2) is 7.18. The van der Waals surface area contributed by atoms with Gasteiger partial charge in [0, 0.05) is 0 Å². The maximum Gasteiger partial charge on any atom is 0.171 e. The molecule has 6 nitrogen and oxygen atoms in total. The van der Waals surface area contributed by atoms with Gasteiger partial charge in [-0.25, -0.2) is 0 Å². The number of methoxy groups -OCH3 is 1. The second-order valence-corrected chi connectivity index (χ2v) is 4.90. The molecule has 3 N–H and O–H groups in total. The van der Waals surface area contributed by atoms with E-state index in [0.717, 1.165) is 0 Å². The number of nitrogens with zero attached hydrogens (tertiary/aromatic N) is 3. The Kier molecular flexibility index (Phi) is 5.59. The van der Waals surface area contributed by atoms with Crippen molar-refractivity contribution in [1.82, 2.24) is 0 Å². The first-order chi connectivity index (χ1) is 9.98. The minimum Gasteiger partial charge on any atom is -0.504 e. The number of benzene rings is 1. The Hall–Kier alpha value is -2.70. The zero-order valence-corrected chi connectivity index (χ0v) is 13.0. The van der Waals surface area contributed by atoms with E-state index in [9.17, 15) is 5.11 Å².